The molecule has 0 atom stereocenters. The minimum atomic E-state index is -1.20. The normalized spacial score (nSPS) is 15.9. The van der Waals surface area contributed by atoms with Crippen LogP contribution in [0.15, 0.2) is 4.79 Å². The van der Waals surface area contributed by atoms with Gasteiger partial charge in [0.15, 0.2) is 0 Å². The first-order chi connectivity index (χ1) is 7.52. The van der Waals surface area contributed by atoms with Crippen molar-refractivity contribution in [1.29, 1.82) is 0 Å². The molecule has 16 heavy (non-hydrogen) atoms. The smallest absolute Gasteiger partial charge is 0.409 e. The van der Waals surface area contributed by atoms with E-state index in [9.17, 15) is 9.59 Å². The van der Waals surface area contributed by atoms with Crippen molar-refractivity contribution < 1.29 is 9.90 Å². The zero-order chi connectivity index (χ0) is 11.9. The van der Waals surface area contributed by atoms with Crippen molar-refractivity contribution in [2.24, 2.45) is 7.05 Å². The molecule has 0 aliphatic heterocycles. The van der Waals surface area contributed by atoms with Gasteiger partial charge in [0.05, 0.1) is 11.7 Å². The summed E-state index contributed by atoms with van der Waals surface area (Å²) in [7, 11) is 1.78. The lowest BCUT2D eigenvalue weighted by molar-refractivity contribution is 0.209. The number of nitrogens with one attached hydrogen (secondary N) is 1. The summed E-state index contributed by atoms with van der Waals surface area (Å²) in [5.41, 5.74) is 0.577. The molecule has 0 unspecified atom stereocenters. The van der Waals surface area contributed by atoms with Crippen molar-refractivity contribution in [2.75, 3.05) is 5.32 Å². The Morgan fingerprint density at radius 1 is 1.50 bits per heavy atom. The Kier molecular flexibility index (Phi) is 2.49. The lowest BCUT2D eigenvalue weighted by atomic mass is 9.93. The molecule has 88 valence electrons. The van der Waals surface area contributed by atoms with E-state index in [0.717, 1.165) is 19.3 Å². The third-order valence-electron chi connectivity index (χ3n) is 3.24. The molecule has 1 aliphatic carbocycles. The van der Waals surface area contributed by atoms with Gasteiger partial charge in [0, 0.05) is 7.05 Å². The molecule has 2 N–H and O–H groups in total. The van der Waals surface area contributed by atoms with Crippen molar-refractivity contribution in [3.8, 4) is 0 Å². The van der Waals surface area contributed by atoms with Crippen LogP contribution in [-0.4, -0.2) is 20.6 Å². The molecule has 1 aromatic rings. The Morgan fingerprint density at radius 2 is 2.12 bits per heavy atom. The molecule has 0 spiro atoms. The molecule has 1 saturated carbocycles. The summed E-state index contributed by atoms with van der Waals surface area (Å²) in [5.74, 6) is 0. The highest BCUT2D eigenvalue weighted by atomic mass is 16.4. The van der Waals surface area contributed by atoms with Crippen LogP contribution in [0.4, 0.5) is 10.5 Å². The van der Waals surface area contributed by atoms with Gasteiger partial charge in [0.2, 0.25) is 0 Å². The SMILES string of the molecule is Cc1c(NC(=O)O)c(=O)n(C2CCC2)n1C. The fourth-order valence-corrected chi connectivity index (χ4v) is 2.02. The Hall–Kier alpha value is -1.72. The molecule has 6 nitrogen and oxygen atoms in total. The van der Waals surface area contributed by atoms with Gasteiger partial charge in [-0.2, -0.15) is 0 Å². The van der Waals surface area contributed by atoms with E-state index in [2.05, 4.69) is 5.32 Å². The van der Waals surface area contributed by atoms with Gasteiger partial charge in [-0.3, -0.25) is 14.8 Å². The fourth-order valence-electron chi connectivity index (χ4n) is 2.02. The van der Waals surface area contributed by atoms with Crippen molar-refractivity contribution in [3.63, 3.8) is 0 Å². The predicted molar refractivity (Wildman–Crippen MR) is 58.9 cm³/mol. The van der Waals surface area contributed by atoms with E-state index in [-0.39, 0.29) is 17.3 Å². The number of carbonyl (C=O) groups is 1. The van der Waals surface area contributed by atoms with E-state index >= 15 is 0 Å². The second-order valence-corrected chi connectivity index (χ2v) is 4.15. The summed E-state index contributed by atoms with van der Waals surface area (Å²) in [4.78, 5) is 22.6. The zero-order valence-corrected chi connectivity index (χ0v) is 9.36. The van der Waals surface area contributed by atoms with Crippen LogP contribution in [0.1, 0.15) is 31.0 Å². The van der Waals surface area contributed by atoms with Crippen LogP contribution in [0.3, 0.4) is 0 Å². The molecule has 0 radical (unpaired) electrons. The average Bonchev–Trinajstić information content (AvgIpc) is 2.31. The first kappa shape index (κ1) is 10.8. The molecular formula is C10H15N3O3. The van der Waals surface area contributed by atoms with E-state index in [4.69, 9.17) is 5.11 Å². The van der Waals surface area contributed by atoms with Crippen molar-refractivity contribution in [1.82, 2.24) is 9.36 Å². The highest BCUT2D eigenvalue weighted by molar-refractivity contribution is 5.83. The van der Waals surface area contributed by atoms with E-state index < -0.39 is 6.09 Å². The molecule has 6 heteroatoms. The van der Waals surface area contributed by atoms with Gasteiger partial charge in [-0.05, 0) is 26.2 Å². The molecule has 2 rings (SSSR count). The Balaban J connectivity index is 2.46. The molecule has 0 bridgehead atoms. The number of nitrogens with zero attached hydrogens (tertiary/aromatic N) is 2. The second kappa shape index (κ2) is 3.70. The van der Waals surface area contributed by atoms with Crippen molar-refractivity contribution >= 4 is 11.8 Å². The maximum absolute atomic E-state index is 12.0. The molecule has 1 aliphatic rings. The van der Waals surface area contributed by atoms with E-state index in [1.54, 1.807) is 23.3 Å². The van der Waals surface area contributed by atoms with Crippen molar-refractivity contribution in [2.45, 2.75) is 32.2 Å². The minimum Gasteiger partial charge on any atom is -0.465 e. The number of anilines is 1. The van der Waals surface area contributed by atoms with Gasteiger partial charge in [0.25, 0.3) is 5.56 Å². The molecular weight excluding hydrogens is 210 g/mol. The van der Waals surface area contributed by atoms with Gasteiger partial charge in [0.1, 0.15) is 5.69 Å². The molecule has 0 aromatic carbocycles. The van der Waals surface area contributed by atoms with E-state index in [0.29, 0.717) is 5.69 Å². The van der Waals surface area contributed by atoms with Gasteiger partial charge in [-0.15, -0.1) is 0 Å². The van der Waals surface area contributed by atoms with Crippen LogP contribution in [-0.2, 0) is 7.05 Å². The average molecular weight is 225 g/mol. The Labute approximate surface area is 92.5 Å². The fraction of sp³-hybridized carbons (Fsp3) is 0.600. The van der Waals surface area contributed by atoms with Crippen LogP contribution < -0.4 is 10.9 Å². The summed E-state index contributed by atoms with van der Waals surface area (Å²) in [6, 6.07) is 0.223. The summed E-state index contributed by atoms with van der Waals surface area (Å²) in [6.45, 7) is 1.74. The molecule has 0 saturated heterocycles. The molecule has 1 heterocycles. The third-order valence-corrected chi connectivity index (χ3v) is 3.24. The number of amides is 1. The zero-order valence-electron chi connectivity index (χ0n) is 9.36. The van der Waals surface area contributed by atoms with Gasteiger partial charge < -0.3 is 5.11 Å². The predicted octanol–water partition coefficient (Wildman–Crippen LogP) is 1.31. The summed E-state index contributed by atoms with van der Waals surface area (Å²) in [6.07, 6.45) is 1.91. The Morgan fingerprint density at radius 3 is 2.56 bits per heavy atom. The topological polar surface area (TPSA) is 76.3 Å². The highest BCUT2D eigenvalue weighted by Gasteiger charge is 2.26. The quantitative estimate of drug-likeness (QED) is 0.796. The maximum atomic E-state index is 12.0. The first-order valence-electron chi connectivity index (χ1n) is 5.30. The minimum absolute atomic E-state index is 0.168. The Bertz CT molecular complexity index is 482. The molecule has 1 aromatic heterocycles. The van der Waals surface area contributed by atoms with Gasteiger partial charge >= 0.3 is 6.09 Å². The summed E-state index contributed by atoms with van der Waals surface area (Å²) < 4.78 is 3.38. The van der Waals surface area contributed by atoms with Crippen LogP contribution in [0.25, 0.3) is 0 Å². The second-order valence-electron chi connectivity index (χ2n) is 4.15. The maximum Gasteiger partial charge on any atom is 0.409 e. The summed E-state index contributed by atoms with van der Waals surface area (Å²) in [5, 5.41) is 10.8. The largest absolute Gasteiger partial charge is 0.465 e. The molecule has 1 amide bonds. The van der Waals surface area contributed by atoms with E-state index in [1.165, 1.54) is 0 Å². The van der Waals surface area contributed by atoms with E-state index in [1.807, 2.05) is 0 Å². The monoisotopic (exact) mass is 225 g/mol. The standard InChI is InChI=1S/C10H15N3O3/c1-6-8(11-10(15)16)9(14)13(12(6)2)7-4-3-5-7/h7,11H,3-5H2,1-2H3,(H,15,16). The molecule has 1 fully saturated rings. The van der Waals surface area contributed by atoms with Crippen LogP contribution in [0.5, 0.6) is 0 Å². The number of rotatable bonds is 2. The lowest BCUT2D eigenvalue weighted by Crippen LogP contribution is -2.31. The van der Waals surface area contributed by atoms with Gasteiger partial charge in [-0.1, -0.05) is 0 Å². The van der Waals surface area contributed by atoms with Crippen LogP contribution >= 0.6 is 0 Å². The summed E-state index contributed by atoms with van der Waals surface area (Å²) >= 11 is 0. The number of hydrogen-bond acceptors (Lipinski definition) is 2. The number of hydrogen-bond donors (Lipinski definition) is 2. The number of aromatic nitrogens is 2. The van der Waals surface area contributed by atoms with Gasteiger partial charge in [-0.25, -0.2) is 9.48 Å². The first-order valence-corrected chi connectivity index (χ1v) is 5.30. The lowest BCUT2D eigenvalue weighted by Gasteiger charge is -2.27. The number of carboxylic acid groups (broad SMARTS) is 1. The highest BCUT2D eigenvalue weighted by Crippen LogP contribution is 2.31. The van der Waals surface area contributed by atoms with Crippen LogP contribution in [0.2, 0.25) is 0 Å². The van der Waals surface area contributed by atoms with Crippen LogP contribution in [0, 0.1) is 6.92 Å². The third kappa shape index (κ3) is 1.50. The van der Waals surface area contributed by atoms with Crippen molar-refractivity contribution in [3.05, 3.63) is 16.0 Å².